The second kappa shape index (κ2) is 6.86. The molecule has 4 nitrogen and oxygen atoms in total. The topological polar surface area (TPSA) is 47.6 Å². The molecule has 0 radical (unpaired) electrons. The Labute approximate surface area is 98.7 Å². The van der Waals surface area contributed by atoms with Gasteiger partial charge in [0.25, 0.3) is 0 Å². The molecule has 0 aromatic rings. The molecule has 1 N–H and O–H groups in total. The lowest BCUT2D eigenvalue weighted by Crippen LogP contribution is -2.44. The maximum Gasteiger partial charge on any atom is 0.246 e. The molecule has 1 amide bonds. The van der Waals surface area contributed by atoms with Crippen molar-refractivity contribution in [2.45, 2.75) is 46.3 Å². The first-order valence-electron chi connectivity index (χ1n) is 5.68. The van der Waals surface area contributed by atoms with Gasteiger partial charge in [-0.2, -0.15) is 0 Å². The Morgan fingerprint density at radius 2 is 1.88 bits per heavy atom. The van der Waals surface area contributed by atoms with Gasteiger partial charge in [-0.05, 0) is 26.7 Å². The van der Waals surface area contributed by atoms with Gasteiger partial charge >= 0.3 is 0 Å². The number of amides is 1. The van der Waals surface area contributed by atoms with Crippen molar-refractivity contribution in [1.82, 2.24) is 5.32 Å². The highest BCUT2D eigenvalue weighted by Crippen LogP contribution is 2.06. The smallest absolute Gasteiger partial charge is 0.246 e. The summed E-state index contributed by atoms with van der Waals surface area (Å²) in [5.41, 5.74) is -0.286. The summed E-state index contributed by atoms with van der Waals surface area (Å²) in [5, 5.41) is 2.90. The zero-order valence-electron chi connectivity index (χ0n) is 11.3. The molecule has 0 aliphatic heterocycles. The average Bonchev–Trinajstić information content (AvgIpc) is 2.13. The van der Waals surface area contributed by atoms with E-state index in [2.05, 4.69) is 19.2 Å². The summed E-state index contributed by atoms with van der Waals surface area (Å²) in [7, 11) is 1.63. The fourth-order valence-corrected chi connectivity index (χ4v) is 1.11. The Balaban J connectivity index is 4.00. The highest BCUT2D eigenvalue weighted by Gasteiger charge is 2.18. The SMILES string of the molecule is COCC(NC(=O)COC(C)(C)C)C(C)C. The number of carbonyl (C=O) groups excluding carboxylic acids is 1. The molecule has 4 heteroatoms. The number of nitrogens with one attached hydrogen (secondary N) is 1. The van der Waals surface area contributed by atoms with Gasteiger partial charge in [-0.1, -0.05) is 13.8 Å². The molecular formula is C12H25NO3. The normalized spacial score (nSPS) is 13.9. The quantitative estimate of drug-likeness (QED) is 0.755. The molecule has 0 fully saturated rings. The van der Waals surface area contributed by atoms with Crippen molar-refractivity contribution in [2.75, 3.05) is 20.3 Å². The van der Waals surface area contributed by atoms with Gasteiger partial charge in [0.2, 0.25) is 5.91 Å². The minimum absolute atomic E-state index is 0.0427. The number of hydrogen-bond acceptors (Lipinski definition) is 3. The first-order valence-corrected chi connectivity index (χ1v) is 5.68. The third-order valence-corrected chi connectivity index (χ3v) is 2.13. The van der Waals surface area contributed by atoms with Crippen LogP contribution in [0.2, 0.25) is 0 Å². The lowest BCUT2D eigenvalue weighted by molar-refractivity contribution is -0.132. The van der Waals surface area contributed by atoms with E-state index in [9.17, 15) is 4.79 Å². The van der Waals surface area contributed by atoms with Crippen LogP contribution < -0.4 is 5.32 Å². The molecule has 0 saturated carbocycles. The van der Waals surface area contributed by atoms with Crippen molar-refractivity contribution in [3.05, 3.63) is 0 Å². The molecular weight excluding hydrogens is 206 g/mol. The predicted octanol–water partition coefficient (Wildman–Crippen LogP) is 1.59. The summed E-state index contributed by atoms with van der Waals surface area (Å²) in [6.45, 7) is 10.5. The maximum atomic E-state index is 11.6. The summed E-state index contributed by atoms with van der Waals surface area (Å²) >= 11 is 0. The van der Waals surface area contributed by atoms with E-state index in [4.69, 9.17) is 9.47 Å². The van der Waals surface area contributed by atoms with E-state index in [1.165, 1.54) is 0 Å². The Morgan fingerprint density at radius 3 is 2.25 bits per heavy atom. The Hall–Kier alpha value is -0.610. The summed E-state index contributed by atoms with van der Waals surface area (Å²) < 4.78 is 10.5. The van der Waals surface area contributed by atoms with Crippen molar-refractivity contribution < 1.29 is 14.3 Å². The second-order valence-corrected chi connectivity index (χ2v) is 5.27. The molecule has 0 spiro atoms. The van der Waals surface area contributed by atoms with Crippen LogP contribution >= 0.6 is 0 Å². The summed E-state index contributed by atoms with van der Waals surface area (Å²) in [6.07, 6.45) is 0. The standard InChI is InChI=1S/C12H25NO3/c1-9(2)10(7-15-6)13-11(14)8-16-12(3,4)5/h9-10H,7-8H2,1-6H3,(H,13,14). The first kappa shape index (κ1) is 15.4. The van der Waals surface area contributed by atoms with E-state index < -0.39 is 0 Å². The van der Waals surface area contributed by atoms with Gasteiger partial charge < -0.3 is 14.8 Å². The summed E-state index contributed by atoms with van der Waals surface area (Å²) in [5.74, 6) is 0.254. The van der Waals surface area contributed by atoms with Crippen molar-refractivity contribution in [1.29, 1.82) is 0 Å². The summed E-state index contributed by atoms with van der Waals surface area (Å²) in [4.78, 5) is 11.6. The number of carbonyl (C=O) groups is 1. The van der Waals surface area contributed by atoms with Gasteiger partial charge in [-0.3, -0.25) is 4.79 Å². The van der Waals surface area contributed by atoms with Crippen LogP contribution in [0.3, 0.4) is 0 Å². The predicted molar refractivity (Wildman–Crippen MR) is 64.3 cm³/mol. The van der Waals surface area contributed by atoms with Crippen molar-refractivity contribution >= 4 is 5.91 Å². The molecule has 0 saturated heterocycles. The number of ether oxygens (including phenoxy) is 2. The third kappa shape index (κ3) is 7.65. The van der Waals surface area contributed by atoms with Gasteiger partial charge in [0, 0.05) is 7.11 Å². The molecule has 96 valence electrons. The van der Waals surface area contributed by atoms with Gasteiger partial charge in [0.05, 0.1) is 18.2 Å². The Kier molecular flexibility index (Phi) is 6.60. The summed E-state index contributed by atoms with van der Waals surface area (Å²) in [6, 6.07) is 0.0427. The molecule has 0 aliphatic carbocycles. The van der Waals surface area contributed by atoms with Crippen LogP contribution in [0.25, 0.3) is 0 Å². The van der Waals surface area contributed by atoms with Gasteiger partial charge in [-0.15, -0.1) is 0 Å². The zero-order valence-corrected chi connectivity index (χ0v) is 11.3. The lowest BCUT2D eigenvalue weighted by Gasteiger charge is -2.23. The second-order valence-electron chi connectivity index (χ2n) is 5.27. The maximum absolute atomic E-state index is 11.6. The van der Waals surface area contributed by atoms with Crippen molar-refractivity contribution in [2.24, 2.45) is 5.92 Å². The van der Waals surface area contributed by atoms with Crippen LogP contribution in [0.4, 0.5) is 0 Å². The number of methoxy groups -OCH3 is 1. The Morgan fingerprint density at radius 1 is 1.31 bits per heavy atom. The Bertz CT molecular complexity index is 209. The van der Waals surface area contributed by atoms with E-state index in [0.29, 0.717) is 12.5 Å². The van der Waals surface area contributed by atoms with E-state index >= 15 is 0 Å². The number of rotatable bonds is 6. The van der Waals surface area contributed by atoms with Gasteiger partial charge in [-0.25, -0.2) is 0 Å². The van der Waals surface area contributed by atoms with Crippen LogP contribution in [0, 0.1) is 5.92 Å². The van der Waals surface area contributed by atoms with Crippen LogP contribution in [0.15, 0.2) is 0 Å². The van der Waals surface area contributed by atoms with Crippen LogP contribution in [-0.4, -0.2) is 37.9 Å². The highest BCUT2D eigenvalue weighted by molar-refractivity contribution is 5.77. The van der Waals surface area contributed by atoms with Crippen LogP contribution in [0.1, 0.15) is 34.6 Å². The van der Waals surface area contributed by atoms with Gasteiger partial charge in [0.15, 0.2) is 0 Å². The fourth-order valence-electron chi connectivity index (χ4n) is 1.11. The zero-order chi connectivity index (χ0) is 12.8. The molecule has 1 unspecified atom stereocenters. The van der Waals surface area contributed by atoms with E-state index in [1.54, 1.807) is 7.11 Å². The molecule has 0 aliphatic rings. The van der Waals surface area contributed by atoms with Gasteiger partial charge in [0.1, 0.15) is 6.61 Å². The fraction of sp³-hybridized carbons (Fsp3) is 0.917. The third-order valence-electron chi connectivity index (χ3n) is 2.13. The lowest BCUT2D eigenvalue weighted by atomic mass is 10.1. The van der Waals surface area contributed by atoms with Crippen LogP contribution in [0.5, 0.6) is 0 Å². The van der Waals surface area contributed by atoms with E-state index in [1.807, 2.05) is 20.8 Å². The van der Waals surface area contributed by atoms with Crippen LogP contribution in [-0.2, 0) is 14.3 Å². The molecule has 0 heterocycles. The molecule has 16 heavy (non-hydrogen) atoms. The molecule has 0 rings (SSSR count). The number of hydrogen-bond donors (Lipinski definition) is 1. The largest absolute Gasteiger partial charge is 0.383 e. The monoisotopic (exact) mass is 231 g/mol. The molecule has 1 atom stereocenters. The molecule has 0 aromatic heterocycles. The minimum atomic E-state index is -0.286. The molecule has 0 bridgehead atoms. The van der Waals surface area contributed by atoms with Crippen molar-refractivity contribution in [3.63, 3.8) is 0 Å². The first-order chi connectivity index (χ1) is 7.26. The van der Waals surface area contributed by atoms with Crippen molar-refractivity contribution in [3.8, 4) is 0 Å². The minimum Gasteiger partial charge on any atom is -0.383 e. The molecule has 0 aromatic carbocycles. The van der Waals surface area contributed by atoms with E-state index in [-0.39, 0.29) is 24.2 Å². The van der Waals surface area contributed by atoms with E-state index in [0.717, 1.165) is 0 Å². The highest BCUT2D eigenvalue weighted by atomic mass is 16.5. The average molecular weight is 231 g/mol.